The summed E-state index contributed by atoms with van der Waals surface area (Å²) >= 11 is 0. The maximum absolute atomic E-state index is 13.2. The molecule has 0 saturated carbocycles. The second kappa shape index (κ2) is 10.4. The number of ether oxygens (including phenoxy) is 3. The van der Waals surface area contributed by atoms with Gasteiger partial charge in [0.15, 0.2) is 0 Å². The van der Waals surface area contributed by atoms with E-state index in [0.29, 0.717) is 38.6 Å². The van der Waals surface area contributed by atoms with E-state index in [-0.39, 0.29) is 12.4 Å². The summed E-state index contributed by atoms with van der Waals surface area (Å²) in [6.45, 7) is 2.67. The molecule has 20 heavy (non-hydrogen) atoms. The van der Waals surface area contributed by atoms with Crippen molar-refractivity contribution in [1.82, 2.24) is 0 Å². The number of nitrogens with two attached hydrogens (primary N) is 1. The van der Waals surface area contributed by atoms with E-state index in [1.54, 1.807) is 13.2 Å². The van der Waals surface area contributed by atoms with E-state index in [4.69, 9.17) is 19.9 Å². The van der Waals surface area contributed by atoms with E-state index < -0.39 is 0 Å². The first-order chi connectivity index (χ1) is 9.77. The largest absolute Gasteiger partial charge is 0.382 e. The van der Waals surface area contributed by atoms with Crippen LogP contribution in [0, 0.1) is 17.7 Å². The molecule has 0 aromatic heterocycles. The van der Waals surface area contributed by atoms with Crippen molar-refractivity contribution in [3.63, 3.8) is 0 Å². The van der Waals surface area contributed by atoms with Gasteiger partial charge in [-0.05, 0) is 17.7 Å². The van der Waals surface area contributed by atoms with Gasteiger partial charge in [0.2, 0.25) is 0 Å². The quantitative estimate of drug-likeness (QED) is 0.577. The summed E-state index contributed by atoms with van der Waals surface area (Å²) in [5.41, 5.74) is 6.76. The number of hydrogen-bond acceptors (Lipinski definition) is 4. The number of halogens is 1. The molecular weight excluding hydrogens is 261 g/mol. The van der Waals surface area contributed by atoms with Crippen LogP contribution in [0.25, 0.3) is 0 Å². The normalized spacial score (nSPS) is 10.2. The molecule has 0 saturated heterocycles. The van der Waals surface area contributed by atoms with Crippen molar-refractivity contribution in [2.24, 2.45) is 5.73 Å². The Bertz CT molecular complexity index is 454. The molecule has 0 heterocycles. The van der Waals surface area contributed by atoms with E-state index in [2.05, 4.69) is 11.8 Å². The van der Waals surface area contributed by atoms with Crippen LogP contribution < -0.4 is 5.73 Å². The third kappa shape index (κ3) is 6.64. The Morgan fingerprint density at radius 1 is 1.15 bits per heavy atom. The lowest BCUT2D eigenvalue weighted by molar-refractivity contribution is 0.0199. The standard InChI is InChI=1S/C15H20FNO3/c1-18-7-8-19-9-10-20-12-14-4-5-15(16)11-13(14)3-2-6-17/h4-5,11H,6-10,12,17H2,1H3. The van der Waals surface area contributed by atoms with E-state index in [1.165, 1.54) is 12.1 Å². The SMILES string of the molecule is COCCOCCOCc1ccc(F)cc1C#CCN. The molecule has 0 aliphatic heterocycles. The van der Waals surface area contributed by atoms with Crippen molar-refractivity contribution in [2.45, 2.75) is 6.61 Å². The summed E-state index contributed by atoms with van der Waals surface area (Å²) in [6, 6.07) is 4.44. The molecule has 1 aromatic carbocycles. The third-order valence-corrected chi connectivity index (χ3v) is 2.46. The first kappa shape index (κ1) is 16.6. The van der Waals surface area contributed by atoms with Crippen molar-refractivity contribution in [2.75, 3.05) is 40.1 Å². The van der Waals surface area contributed by atoms with E-state index in [1.807, 2.05) is 0 Å². The second-order valence-corrected chi connectivity index (χ2v) is 3.97. The van der Waals surface area contributed by atoms with Crippen LogP contribution in [0.1, 0.15) is 11.1 Å². The third-order valence-electron chi connectivity index (χ3n) is 2.46. The van der Waals surface area contributed by atoms with Crippen LogP contribution >= 0.6 is 0 Å². The smallest absolute Gasteiger partial charge is 0.124 e. The topological polar surface area (TPSA) is 53.7 Å². The van der Waals surface area contributed by atoms with Gasteiger partial charge in [-0.15, -0.1) is 0 Å². The summed E-state index contributed by atoms with van der Waals surface area (Å²) in [7, 11) is 1.62. The van der Waals surface area contributed by atoms with Crippen LogP contribution in [-0.4, -0.2) is 40.1 Å². The van der Waals surface area contributed by atoms with Gasteiger partial charge in [0.25, 0.3) is 0 Å². The maximum atomic E-state index is 13.2. The minimum absolute atomic E-state index is 0.240. The molecule has 4 nitrogen and oxygen atoms in total. The van der Waals surface area contributed by atoms with Gasteiger partial charge in [0.1, 0.15) is 5.82 Å². The van der Waals surface area contributed by atoms with Crippen LogP contribution in [0.5, 0.6) is 0 Å². The Morgan fingerprint density at radius 3 is 2.65 bits per heavy atom. The zero-order valence-electron chi connectivity index (χ0n) is 11.7. The maximum Gasteiger partial charge on any atom is 0.124 e. The highest BCUT2D eigenvalue weighted by molar-refractivity contribution is 5.41. The van der Waals surface area contributed by atoms with Gasteiger partial charge < -0.3 is 19.9 Å². The molecule has 0 unspecified atom stereocenters. The van der Waals surface area contributed by atoms with Crippen molar-refractivity contribution < 1.29 is 18.6 Å². The molecule has 0 aliphatic rings. The van der Waals surface area contributed by atoms with Gasteiger partial charge in [-0.2, -0.15) is 0 Å². The highest BCUT2D eigenvalue weighted by Crippen LogP contribution is 2.11. The average molecular weight is 281 g/mol. The summed E-state index contributed by atoms with van der Waals surface area (Å²) in [4.78, 5) is 0. The van der Waals surface area contributed by atoms with E-state index >= 15 is 0 Å². The molecule has 0 amide bonds. The average Bonchev–Trinajstić information content (AvgIpc) is 2.45. The number of hydrogen-bond donors (Lipinski definition) is 1. The molecule has 0 fully saturated rings. The first-order valence-electron chi connectivity index (χ1n) is 6.39. The van der Waals surface area contributed by atoms with Gasteiger partial charge in [-0.3, -0.25) is 0 Å². The second-order valence-electron chi connectivity index (χ2n) is 3.97. The van der Waals surface area contributed by atoms with Crippen LogP contribution in [0.2, 0.25) is 0 Å². The summed E-state index contributed by atoms with van der Waals surface area (Å²) < 4.78 is 28.8. The highest BCUT2D eigenvalue weighted by Gasteiger charge is 2.02. The fourth-order valence-electron chi connectivity index (χ4n) is 1.48. The van der Waals surface area contributed by atoms with Crippen molar-refractivity contribution >= 4 is 0 Å². The molecule has 5 heteroatoms. The minimum Gasteiger partial charge on any atom is -0.382 e. The van der Waals surface area contributed by atoms with Gasteiger partial charge in [0, 0.05) is 12.7 Å². The van der Waals surface area contributed by atoms with Crippen LogP contribution in [0.4, 0.5) is 4.39 Å². The van der Waals surface area contributed by atoms with Crippen molar-refractivity contribution in [3.8, 4) is 11.8 Å². The Morgan fingerprint density at radius 2 is 1.90 bits per heavy atom. The van der Waals surface area contributed by atoms with Gasteiger partial charge in [0.05, 0.1) is 39.6 Å². The zero-order valence-corrected chi connectivity index (χ0v) is 11.7. The molecular formula is C15H20FNO3. The number of rotatable bonds is 8. The lowest BCUT2D eigenvalue weighted by Gasteiger charge is -2.07. The van der Waals surface area contributed by atoms with Crippen LogP contribution in [0.3, 0.4) is 0 Å². The molecule has 0 bridgehead atoms. The van der Waals surface area contributed by atoms with Gasteiger partial charge in [-0.1, -0.05) is 17.9 Å². The molecule has 1 rings (SSSR count). The fourth-order valence-corrected chi connectivity index (χ4v) is 1.48. The molecule has 2 N–H and O–H groups in total. The Labute approximate surface area is 119 Å². The molecule has 0 atom stereocenters. The van der Waals surface area contributed by atoms with Crippen LogP contribution in [-0.2, 0) is 20.8 Å². The summed E-state index contributed by atoms with van der Waals surface area (Å²) in [6.07, 6.45) is 0. The van der Waals surface area contributed by atoms with Crippen molar-refractivity contribution in [3.05, 3.63) is 35.1 Å². The molecule has 0 aliphatic carbocycles. The van der Waals surface area contributed by atoms with Gasteiger partial charge in [-0.25, -0.2) is 4.39 Å². The molecule has 0 radical (unpaired) electrons. The highest BCUT2D eigenvalue weighted by atomic mass is 19.1. The zero-order chi connectivity index (χ0) is 14.6. The molecule has 0 spiro atoms. The Kier molecular flexibility index (Phi) is 8.59. The molecule has 1 aromatic rings. The monoisotopic (exact) mass is 281 g/mol. The molecule has 110 valence electrons. The van der Waals surface area contributed by atoms with Crippen molar-refractivity contribution in [1.29, 1.82) is 0 Å². The summed E-state index contributed by atoms with van der Waals surface area (Å²) in [5, 5.41) is 0. The van der Waals surface area contributed by atoms with Gasteiger partial charge >= 0.3 is 0 Å². The van der Waals surface area contributed by atoms with Crippen LogP contribution in [0.15, 0.2) is 18.2 Å². The Balaban J connectivity index is 2.39. The lowest BCUT2D eigenvalue weighted by atomic mass is 10.1. The van der Waals surface area contributed by atoms with E-state index in [9.17, 15) is 4.39 Å². The predicted molar refractivity (Wildman–Crippen MR) is 74.7 cm³/mol. The fraction of sp³-hybridized carbons (Fsp3) is 0.467. The first-order valence-corrected chi connectivity index (χ1v) is 6.39. The predicted octanol–water partition coefficient (Wildman–Crippen LogP) is 1.32. The number of benzene rings is 1. The van der Waals surface area contributed by atoms with E-state index in [0.717, 1.165) is 5.56 Å². The summed E-state index contributed by atoms with van der Waals surface area (Å²) in [5.74, 6) is 5.23. The Hall–Kier alpha value is -1.45. The minimum atomic E-state index is -0.321. The lowest BCUT2D eigenvalue weighted by Crippen LogP contribution is -2.08. The number of methoxy groups -OCH3 is 1.